The number of carbonyl (C=O) groups excluding carboxylic acids is 1. The summed E-state index contributed by atoms with van der Waals surface area (Å²) in [5.74, 6) is -0.906. The van der Waals surface area contributed by atoms with Gasteiger partial charge in [0.05, 0.1) is 4.92 Å². The van der Waals surface area contributed by atoms with Crippen LogP contribution in [0.1, 0.15) is 10.4 Å². The fourth-order valence-corrected chi connectivity index (χ4v) is 1.26. The number of hydrogen-bond donors (Lipinski definition) is 0. The van der Waals surface area contributed by atoms with E-state index in [1.807, 2.05) is 0 Å². The van der Waals surface area contributed by atoms with Gasteiger partial charge in [-0.05, 0) is 6.07 Å². The first-order valence-electron chi connectivity index (χ1n) is 3.15. The van der Waals surface area contributed by atoms with Gasteiger partial charge in [-0.2, -0.15) is 0 Å². The molecule has 0 bridgehead atoms. The van der Waals surface area contributed by atoms with Crippen LogP contribution in [0, 0.1) is 15.9 Å². The van der Waals surface area contributed by atoms with Crippen molar-refractivity contribution in [1.82, 2.24) is 0 Å². The number of nitro groups is 1. The molecule has 0 spiro atoms. The number of nitrogens with zero attached hydrogens (tertiary/aromatic N) is 1. The Morgan fingerprint density at radius 3 is 2.62 bits per heavy atom. The second-order valence-corrected chi connectivity index (χ2v) is 3.11. The molecular formula is C7H3BrFNO3. The van der Waals surface area contributed by atoms with Crippen molar-refractivity contribution in [2.75, 3.05) is 0 Å². The maximum Gasteiger partial charge on any atom is 0.283 e. The van der Waals surface area contributed by atoms with E-state index in [1.165, 1.54) is 0 Å². The molecule has 0 amide bonds. The molecule has 0 N–H and O–H groups in total. The minimum absolute atomic E-state index is 0.125. The van der Waals surface area contributed by atoms with Crippen molar-refractivity contribution in [1.29, 1.82) is 0 Å². The van der Waals surface area contributed by atoms with Crippen LogP contribution in [0.15, 0.2) is 16.6 Å². The Labute approximate surface area is 80.6 Å². The van der Waals surface area contributed by atoms with Crippen molar-refractivity contribution < 1.29 is 14.1 Å². The van der Waals surface area contributed by atoms with Crippen LogP contribution in [0.3, 0.4) is 0 Å². The highest BCUT2D eigenvalue weighted by Gasteiger charge is 2.18. The SMILES string of the molecule is O=Cc1c(F)cc(Br)cc1[N+](=O)[O-]. The molecule has 4 nitrogen and oxygen atoms in total. The van der Waals surface area contributed by atoms with Crippen LogP contribution in [-0.4, -0.2) is 11.2 Å². The molecule has 1 rings (SSSR count). The summed E-state index contributed by atoms with van der Waals surface area (Å²) in [6.45, 7) is 0. The van der Waals surface area contributed by atoms with Crippen LogP contribution in [0.2, 0.25) is 0 Å². The van der Waals surface area contributed by atoms with Crippen LogP contribution in [0.4, 0.5) is 10.1 Å². The lowest BCUT2D eigenvalue weighted by Gasteiger charge is -1.97. The predicted molar refractivity (Wildman–Crippen MR) is 46.1 cm³/mol. The molecule has 0 atom stereocenters. The van der Waals surface area contributed by atoms with E-state index in [2.05, 4.69) is 15.9 Å². The van der Waals surface area contributed by atoms with Crippen LogP contribution in [0.5, 0.6) is 0 Å². The Bertz CT molecular complexity index is 380. The lowest BCUT2D eigenvalue weighted by molar-refractivity contribution is -0.385. The Kier molecular flexibility index (Phi) is 2.72. The van der Waals surface area contributed by atoms with Crippen LogP contribution in [-0.2, 0) is 0 Å². The molecule has 68 valence electrons. The lowest BCUT2D eigenvalue weighted by atomic mass is 10.2. The van der Waals surface area contributed by atoms with Gasteiger partial charge < -0.3 is 0 Å². The van der Waals surface area contributed by atoms with Crippen molar-refractivity contribution in [2.24, 2.45) is 0 Å². The zero-order valence-electron chi connectivity index (χ0n) is 6.16. The summed E-state index contributed by atoms with van der Waals surface area (Å²) in [6.07, 6.45) is 0.125. The van der Waals surface area contributed by atoms with Gasteiger partial charge in [0, 0.05) is 10.5 Å². The first-order valence-corrected chi connectivity index (χ1v) is 3.94. The van der Waals surface area contributed by atoms with E-state index in [4.69, 9.17) is 0 Å². The number of rotatable bonds is 2. The summed E-state index contributed by atoms with van der Waals surface area (Å²) < 4.78 is 13.1. The molecular weight excluding hydrogens is 245 g/mol. The highest BCUT2D eigenvalue weighted by Crippen LogP contribution is 2.24. The van der Waals surface area contributed by atoms with E-state index in [0.717, 1.165) is 12.1 Å². The topological polar surface area (TPSA) is 60.2 Å². The van der Waals surface area contributed by atoms with Crippen LogP contribution >= 0.6 is 15.9 Å². The zero-order chi connectivity index (χ0) is 10.0. The zero-order valence-corrected chi connectivity index (χ0v) is 7.75. The Balaban J connectivity index is 3.46. The maximum atomic E-state index is 12.9. The van der Waals surface area contributed by atoms with Crippen molar-refractivity contribution in [3.63, 3.8) is 0 Å². The first kappa shape index (κ1) is 9.79. The third-order valence-corrected chi connectivity index (χ3v) is 1.84. The fraction of sp³-hybridized carbons (Fsp3) is 0. The molecule has 0 aliphatic heterocycles. The summed E-state index contributed by atoms with van der Waals surface area (Å²) in [5.41, 5.74) is -1.07. The molecule has 0 heterocycles. The quantitative estimate of drug-likeness (QED) is 0.458. The van der Waals surface area contributed by atoms with Gasteiger partial charge in [0.15, 0.2) is 6.29 Å². The largest absolute Gasteiger partial charge is 0.298 e. The summed E-state index contributed by atoms with van der Waals surface area (Å²) in [5, 5.41) is 10.3. The van der Waals surface area contributed by atoms with E-state index >= 15 is 0 Å². The van der Waals surface area contributed by atoms with Gasteiger partial charge in [-0.15, -0.1) is 0 Å². The van der Waals surface area contributed by atoms with Crippen molar-refractivity contribution in [2.45, 2.75) is 0 Å². The van der Waals surface area contributed by atoms with E-state index in [-0.39, 0.29) is 10.8 Å². The van der Waals surface area contributed by atoms with Gasteiger partial charge in [-0.3, -0.25) is 14.9 Å². The molecule has 0 aliphatic rings. The predicted octanol–water partition coefficient (Wildman–Crippen LogP) is 2.31. The number of hydrogen-bond acceptors (Lipinski definition) is 3. The minimum Gasteiger partial charge on any atom is -0.298 e. The molecule has 0 fully saturated rings. The van der Waals surface area contributed by atoms with Crippen molar-refractivity contribution >= 4 is 27.9 Å². The molecule has 1 aromatic rings. The molecule has 0 aromatic heterocycles. The number of benzene rings is 1. The fourth-order valence-electron chi connectivity index (χ4n) is 0.839. The average molecular weight is 248 g/mol. The Morgan fingerprint density at radius 1 is 1.54 bits per heavy atom. The van der Waals surface area contributed by atoms with Gasteiger partial charge >= 0.3 is 0 Å². The molecule has 0 aliphatic carbocycles. The highest BCUT2D eigenvalue weighted by molar-refractivity contribution is 9.10. The van der Waals surface area contributed by atoms with Gasteiger partial charge in [-0.25, -0.2) is 4.39 Å². The van der Waals surface area contributed by atoms with E-state index < -0.39 is 22.0 Å². The first-order chi connectivity index (χ1) is 6.06. The summed E-state index contributed by atoms with van der Waals surface area (Å²) >= 11 is 2.88. The smallest absolute Gasteiger partial charge is 0.283 e. The third-order valence-electron chi connectivity index (χ3n) is 1.39. The Hall–Kier alpha value is -1.30. The molecule has 0 unspecified atom stereocenters. The Morgan fingerprint density at radius 2 is 2.15 bits per heavy atom. The molecule has 0 saturated carbocycles. The molecule has 6 heteroatoms. The molecule has 0 saturated heterocycles. The van der Waals surface area contributed by atoms with Crippen molar-refractivity contribution in [3.05, 3.63) is 38.1 Å². The number of nitro benzene ring substituents is 1. The summed E-state index contributed by atoms with van der Waals surface area (Å²) in [7, 11) is 0. The number of aldehydes is 1. The highest BCUT2D eigenvalue weighted by atomic mass is 79.9. The molecule has 0 radical (unpaired) electrons. The van der Waals surface area contributed by atoms with E-state index in [1.54, 1.807) is 0 Å². The minimum atomic E-state index is -0.906. The summed E-state index contributed by atoms with van der Waals surface area (Å²) in [4.78, 5) is 19.8. The molecule has 1 aromatic carbocycles. The van der Waals surface area contributed by atoms with Gasteiger partial charge in [0.1, 0.15) is 11.4 Å². The van der Waals surface area contributed by atoms with E-state index in [0.29, 0.717) is 0 Å². The second-order valence-electron chi connectivity index (χ2n) is 2.20. The van der Waals surface area contributed by atoms with E-state index in [9.17, 15) is 19.3 Å². The van der Waals surface area contributed by atoms with Gasteiger partial charge in [0.2, 0.25) is 0 Å². The average Bonchev–Trinajstić information content (AvgIpc) is 2.02. The molecule has 13 heavy (non-hydrogen) atoms. The van der Waals surface area contributed by atoms with Crippen molar-refractivity contribution in [3.8, 4) is 0 Å². The standard InChI is InChI=1S/C7H3BrFNO3/c8-4-1-6(9)5(3-11)7(2-4)10(12)13/h1-3H. The van der Waals surface area contributed by atoms with Gasteiger partial charge in [0.25, 0.3) is 5.69 Å². The van der Waals surface area contributed by atoms with Crippen LogP contribution < -0.4 is 0 Å². The van der Waals surface area contributed by atoms with Gasteiger partial charge in [-0.1, -0.05) is 15.9 Å². The van der Waals surface area contributed by atoms with Crippen LogP contribution in [0.25, 0.3) is 0 Å². The second kappa shape index (κ2) is 3.61. The maximum absolute atomic E-state index is 12.9. The lowest BCUT2D eigenvalue weighted by Crippen LogP contribution is -1.97. The number of carbonyl (C=O) groups is 1. The third kappa shape index (κ3) is 1.89. The summed E-state index contributed by atoms with van der Waals surface area (Å²) in [6, 6.07) is 2.07. The number of halogens is 2. The monoisotopic (exact) mass is 247 g/mol. The normalized spacial score (nSPS) is 9.69.